The molecule has 102 valence electrons. The Bertz CT molecular complexity index is 522. The molecule has 19 heavy (non-hydrogen) atoms. The monoisotopic (exact) mass is 261 g/mol. The zero-order valence-electron chi connectivity index (χ0n) is 11.5. The van der Waals surface area contributed by atoms with E-state index in [9.17, 15) is 0 Å². The number of methoxy groups -OCH3 is 1. The van der Waals surface area contributed by atoms with Crippen molar-refractivity contribution >= 4 is 0 Å². The SMILES string of the molecule is CCC(C)[C@H](N)c1nc(-c2ccc(OC)cc2)no1. The Kier molecular flexibility index (Phi) is 4.16. The molecule has 0 spiro atoms. The summed E-state index contributed by atoms with van der Waals surface area (Å²) in [4.78, 5) is 4.36. The van der Waals surface area contributed by atoms with Crippen LogP contribution in [0.2, 0.25) is 0 Å². The van der Waals surface area contributed by atoms with Crippen molar-refractivity contribution < 1.29 is 9.26 Å². The number of hydrogen-bond acceptors (Lipinski definition) is 5. The lowest BCUT2D eigenvalue weighted by atomic mass is 10.0. The normalized spacial score (nSPS) is 14.1. The summed E-state index contributed by atoms with van der Waals surface area (Å²) >= 11 is 0. The van der Waals surface area contributed by atoms with Crippen LogP contribution in [-0.2, 0) is 0 Å². The molecule has 0 amide bonds. The minimum absolute atomic E-state index is 0.218. The number of aromatic nitrogens is 2. The van der Waals surface area contributed by atoms with Gasteiger partial charge in [0.2, 0.25) is 11.7 Å². The van der Waals surface area contributed by atoms with Gasteiger partial charge in [0.25, 0.3) is 0 Å². The average molecular weight is 261 g/mol. The van der Waals surface area contributed by atoms with Crippen molar-refractivity contribution in [2.45, 2.75) is 26.3 Å². The molecule has 2 atom stereocenters. The standard InChI is InChI=1S/C14H19N3O2/c1-4-9(2)12(15)14-16-13(17-19-14)10-5-7-11(18-3)8-6-10/h5-9,12H,4,15H2,1-3H3/t9?,12-/m0/s1. The van der Waals surface area contributed by atoms with E-state index < -0.39 is 0 Å². The number of nitrogens with two attached hydrogens (primary N) is 1. The molecule has 2 rings (SSSR count). The van der Waals surface area contributed by atoms with Gasteiger partial charge in [-0.05, 0) is 30.2 Å². The van der Waals surface area contributed by atoms with Gasteiger partial charge in [-0.1, -0.05) is 25.4 Å². The van der Waals surface area contributed by atoms with Crippen molar-refractivity contribution in [2.75, 3.05) is 7.11 Å². The first kappa shape index (κ1) is 13.5. The lowest BCUT2D eigenvalue weighted by molar-refractivity contribution is 0.312. The summed E-state index contributed by atoms with van der Waals surface area (Å²) < 4.78 is 10.4. The van der Waals surface area contributed by atoms with E-state index in [1.807, 2.05) is 24.3 Å². The highest BCUT2D eigenvalue weighted by Crippen LogP contribution is 2.24. The van der Waals surface area contributed by atoms with Crippen molar-refractivity contribution in [3.63, 3.8) is 0 Å². The van der Waals surface area contributed by atoms with Gasteiger partial charge in [0.1, 0.15) is 5.75 Å². The maximum absolute atomic E-state index is 6.07. The number of hydrogen-bond donors (Lipinski definition) is 1. The van der Waals surface area contributed by atoms with E-state index in [0.717, 1.165) is 17.7 Å². The molecule has 0 bridgehead atoms. The molecule has 2 N–H and O–H groups in total. The fourth-order valence-corrected chi connectivity index (χ4v) is 1.73. The second-order valence-corrected chi connectivity index (χ2v) is 4.60. The summed E-state index contributed by atoms with van der Waals surface area (Å²) in [5, 5.41) is 3.97. The van der Waals surface area contributed by atoms with E-state index in [2.05, 4.69) is 24.0 Å². The number of nitrogens with zero attached hydrogens (tertiary/aromatic N) is 2. The summed E-state index contributed by atoms with van der Waals surface area (Å²) in [5.41, 5.74) is 6.95. The molecule has 0 aliphatic heterocycles. The molecule has 0 saturated carbocycles. The minimum atomic E-state index is -0.218. The molecule has 2 aromatic rings. The van der Waals surface area contributed by atoms with Crippen molar-refractivity contribution in [3.8, 4) is 17.1 Å². The van der Waals surface area contributed by atoms with Gasteiger partial charge in [-0.25, -0.2) is 0 Å². The van der Waals surface area contributed by atoms with Crippen molar-refractivity contribution in [2.24, 2.45) is 11.7 Å². The molecule has 0 radical (unpaired) electrons. The van der Waals surface area contributed by atoms with Crippen LogP contribution >= 0.6 is 0 Å². The third-order valence-electron chi connectivity index (χ3n) is 3.33. The van der Waals surface area contributed by atoms with E-state index in [1.54, 1.807) is 7.11 Å². The smallest absolute Gasteiger partial charge is 0.244 e. The molecular weight excluding hydrogens is 242 g/mol. The van der Waals surface area contributed by atoms with Crippen LogP contribution in [0, 0.1) is 5.92 Å². The van der Waals surface area contributed by atoms with Crippen LogP contribution in [0.15, 0.2) is 28.8 Å². The predicted octanol–water partition coefficient (Wildman–Crippen LogP) is 2.79. The van der Waals surface area contributed by atoms with Gasteiger partial charge >= 0.3 is 0 Å². The van der Waals surface area contributed by atoms with Gasteiger partial charge in [0.15, 0.2) is 0 Å². The number of ether oxygens (including phenoxy) is 1. The molecule has 0 saturated heterocycles. The van der Waals surface area contributed by atoms with E-state index in [1.165, 1.54) is 0 Å². The molecular formula is C14H19N3O2. The first-order chi connectivity index (χ1) is 9.15. The Balaban J connectivity index is 2.20. The van der Waals surface area contributed by atoms with Crippen LogP contribution in [0.4, 0.5) is 0 Å². The van der Waals surface area contributed by atoms with Gasteiger partial charge in [0, 0.05) is 5.56 Å². The Morgan fingerprint density at radius 1 is 1.32 bits per heavy atom. The van der Waals surface area contributed by atoms with Crippen LogP contribution in [0.1, 0.15) is 32.2 Å². The van der Waals surface area contributed by atoms with Gasteiger partial charge in [-0.15, -0.1) is 0 Å². The lowest BCUT2D eigenvalue weighted by Gasteiger charge is -2.12. The second-order valence-electron chi connectivity index (χ2n) is 4.60. The Morgan fingerprint density at radius 3 is 2.58 bits per heavy atom. The van der Waals surface area contributed by atoms with Gasteiger partial charge in [0.05, 0.1) is 13.2 Å². The molecule has 1 aromatic heterocycles. The fourth-order valence-electron chi connectivity index (χ4n) is 1.73. The first-order valence-corrected chi connectivity index (χ1v) is 6.39. The third-order valence-corrected chi connectivity index (χ3v) is 3.33. The molecule has 0 aliphatic carbocycles. The number of rotatable bonds is 5. The predicted molar refractivity (Wildman–Crippen MR) is 72.7 cm³/mol. The maximum atomic E-state index is 6.07. The molecule has 5 nitrogen and oxygen atoms in total. The molecule has 1 heterocycles. The maximum Gasteiger partial charge on any atom is 0.244 e. The highest BCUT2D eigenvalue weighted by Gasteiger charge is 2.20. The summed E-state index contributed by atoms with van der Waals surface area (Å²) in [5.74, 6) is 2.14. The van der Waals surface area contributed by atoms with Gasteiger partial charge in [-0.2, -0.15) is 4.98 Å². The minimum Gasteiger partial charge on any atom is -0.497 e. The van der Waals surface area contributed by atoms with Crippen molar-refractivity contribution in [3.05, 3.63) is 30.2 Å². The number of benzene rings is 1. The molecule has 1 aromatic carbocycles. The lowest BCUT2D eigenvalue weighted by Crippen LogP contribution is -2.18. The van der Waals surface area contributed by atoms with Crippen LogP contribution < -0.4 is 10.5 Å². The highest BCUT2D eigenvalue weighted by atomic mass is 16.5. The van der Waals surface area contributed by atoms with Crippen LogP contribution in [0.3, 0.4) is 0 Å². The molecule has 1 unspecified atom stereocenters. The van der Waals surface area contributed by atoms with Crippen LogP contribution in [-0.4, -0.2) is 17.3 Å². The van der Waals surface area contributed by atoms with E-state index in [0.29, 0.717) is 17.6 Å². The molecule has 0 fully saturated rings. The highest BCUT2D eigenvalue weighted by molar-refractivity contribution is 5.55. The topological polar surface area (TPSA) is 74.2 Å². The third kappa shape index (κ3) is 2.93. The quantitative estimate of drug-likeness (QED) is 0.895. The van der Waals surface area contributed by atoms with Crippen LogP contribution in [0.25, 0.3) is 11.4 Å². The van der Waals surface area contributed by atoms with E-state index in [-0.39, 0.29) is 6.04 Å². The summed E-state index contributed by atoms with van der Waals surface area (Å²) in [6, 6.07) is 7.29. The van der Waals surface area contributed by atoms with Crippen LogP contribution in [0.5, 0.6) is 5.75 Å². The molecule has 5 heteroatoms. The first-order valence-electron chi connectivity index (χ1n) is 6.39. The van der Waals surface area contributed by atoms with E-state index in [4.69, 9.17) is 15.0 Å². The zero-order chi connectivity index (χ0) is 13.8. The largest absolute Gasteiger partial charge is 0.497 e. The van der Waals surface area contributed by atoms with Crippen molar-refractivity contribution in [1.82, 2.24) is 10.1 Å². The van der Waals surface area contributed by atoms with E-state index >= 15 is 0 Å². The summed E-state index contributed by atoms with van der Waals surface area (Å²) in [6.45, 7) is 4.16. The summed E-state index contributed by atoms with van der Waals surface area (Å²) in [6.07, 6.45) is 0.974. The Morgan fingerprint density at radius 2 is 2.00 bits per heavy atom. The fraction of sp³-hybridized carbons (Fsp3) is 0.429. The Hall–Kier alpha value is -1.88. The second kappa shape index (κ2) is 5.84. The summed E-state index contributed by atoms with van der Waals surface area (Å²) in [7, 11) is 1.63. The molecule has 0 aliphatic rings. The zero-order valence-corrected chi connectivity index (χ0v) is 11.5. The Labute approximate surface area is 112 Å². The van der Waals surface area contributed by atoms with Gasteiger partial charge in [-0.3, -0.25) is 0 Å². The van der Waals surface area contributed by atoms with Gasteiger partial charge < -0.3 is 15.0 Å². The average Bonchev–Trinajstić information content (AvgIpc) is 2.95. The van der Waals surface area contributed by atoms with Crippen molar-refractivity contribution in [1.29, 1.82) is 0 Å².